The van der Waals surface area contributed by atoms with Gasteiger partial charge in [0.25, 0.3) is 0 Å². The van der Waals surface area contributed by atoms with E-state index < -0.39 is 9.84 Å². The average Bonchev–Trinajstić information content (AvgIpc) is 2.83. The predicted molar refractivity (Wildman–Crippen MR) is 78.1 cm³/mol. The molecule has 1 aromatic carbocycles. The summed E-state index contributed by atoms with van der Waals surface area (Å²) in [5.41, 5.74) is 0. The third-order valence-electron chi connectivity index (χ3n) is 3.76. The second kappa shape index (κ2) is 6.39. The molecule has 0 bridgehead atoms. The number of nitrogens with one attached hydrogen (secondary N) is 1. The Morgan fingerprint density at radius 2 is 1.95 bits per heavy atom. The van der Waals surface area contributed by atoms with Crippen molar-refractivity contribution in [2.24, 2.45) is 5.92 Å². The fourth-order valence-corrected chi connectivity index (χ4v) is 3.87. The number of carbonyl (C=O) groups is 1. The average molecular weight is 295 g/mol. The molecule has 5 heteroatoms. The van der Waals surface area contributed by atoms with E-state index in [0.29, 0.717) is 5.92 Å². The monoisotopic (exact) mass is 295 g/mol. The third-order valence-corrected chi connectivity index (χ3v) is 5.49. The van der Waals surface area contributed by atoms with Crippen molar-refractivity contribution < 1.29 is 13.2 Å². The minimum Gasteiger partial charge on any atom is -0.353 e. The SMILES string of the molecule is CC1CCC(NC(=O)CCS(=O)(=O)c2ccccc2)C1. The molecule has 2 unspecified atom stereocenters. The van der Waals surface area contributed by atoms with Crippen LogP contribution in [-0.4, -0.2) is 26.1 Å². The molecule has 0 spiro atoms. The van der Waals surface area contributed by atoms with E-state index in [1.807, 2.05) is 0 Å². The molecule has 1 amide bonds. The number of amides is 1. The second-order valence-electron chi connectivity index (χ2n) is 5.56. The quantitative estimate of drug-likeness (QED) is 0.905. The van der Waals surface area contributed by atoms with Crippen LogP contribution in [0.3, 0.4) is 0 Å². The van der Waals surface area contributed by atoms with Crippen molar-refractivity contribution in [2.45, 2.75) is 43.5 Å². The molecular weight excluding hydrogens is 274 g/mol. The first kappa shape index (κ1) is 15.0. The van der Waals surface area contributed by atoms with Crippen LogP contribution in [0.2, 0.25) is 0 Å². The second-order valence-corrected chi connectivity index (χ2v) is 7.67. The van der Waals surface area contributed by atoms with Gasteiger partial charge in [-0.3, -0.25) is 4.79 Å². The first-order valence-corrected chi connectivity index (χ1v) is 8.70. The highest BCUT2D eigenvalue weighted by Gasteiger charge is 2.23. The number of rotatable bonds is 5. The Hall–Kier alpha value is -1.36. The zero-order chi connectivity index (χ0) is 14.6. The van der Waals surface area contributed by atoms with Gasteiger partial charge < -0.3 is 5.32 Å². The van der Waals surface area contributed by atoms with Gasteiger partial charge in [-0.15, -0.1) is 0 Å². The van der Waals surface area contributed by atoms with Gasteiger partial charge in [0.1, 0.15) is 0 Å². The lowest BCUT2D eigenvalue weighted by Gasteiger charge is -2.12. The zero-order valence-corrected chi connectivity index (χ0v) is 12.5. The molecule has 4 nitrogen and oxygen atoms in total. The summed E-state index contributed by atoms with van der Waals surface area (Å²) in [6, 6.07) is 8.49. The van der Waals surface area contributed by atoms with E-state index in [9.17, 15) is 13.2 Å². The van der Waals surface area contributed by atoms with Crippen molar-refractivity contribution in [3.05, 3.63) is 30.3 Å². The Morgan fingerprint density at radius 3 is 2.55 bits per heavy atom. The van der Waals surface area contributed by atoms with Gasteiger partial charge in [-0.2, -0.15) is 0 Å². The van der Waals surface area contributed by atoms with Gasteiger partial charge in [0.15, 0.2) is 9.84 Å². The van der Waals surface area contributed by atoms with E-state index in [1.165, 1.54) is 0 Å². The minimum absolute atomic E-state index is 0.0299. The number of carbonyl (C=O) groups excluding carboxylic acids is 1. The van der Waals surface area contributed by atoms with Gasteiger partial charge in [-0.1, -0.05) is 25.1 Å². The molecule has 110 valence electrons. The van der Waals surface area contributed by atoms with Crippen LogP contribution in [0.25, 0.3) is 0 Å². The van der Waals surface area contributed by atoms with Crippen LogP contribution < -0.4 is 5.32 Å². The molecule has 0 aliphatic heterocycles. The Balaban J connectivity index is 1.84. The molecule has 20 heavy (non-hydrogen) atoms. The molecular formula is C15H21NO3S. The molecule has 0 saturated heterocycles. The Labute approximate surface area is 120 Å². The molecule has 1 N–H and O–H groups in total. The van der Waals surface area contributed by atoms with E-state index in [0.717, 1.165) is 19.3 Å². The molecule has 2 rings (SSSR count). The topological polar surface area (TPSA) is 63.2 Å². The largest absolute Gasteiger partial charge is 0.353 e. The molecule has 1 aliphatic rings. The number of hydrogen-bond acceptors (Lipinski definition) is 3. The summed E-state index contributed by atoms with van der Waals surface area (Å²) >= 11 is 0. The molecule has 0 aromatic heterocycles. The van der Waals surface area contributed by atoms with E-state index >= 15 is 0 Å². The smallest absolute Gasteiger partial charge is 0.221 e. The lowest BCUT2D eigenvalue weighted by molar-refractivity contribution is -0.121. The summed E-state index contributed by atoms with van der Waals surface area (Å²) in [5, 5.41) is 2.93. The lowest BCUT2D eigenvalue weighted by Crippen LogP contribution is -2.33. The van der Waals surface area contributed by atoms with Crippen LogP contribution >= 0.6 is 0 Å². The standard InChI is InChI=1S/C15H21NO3S/c1-12-7-8-13(11-12)16-15(17)9-10-20(18,19)14-5-3-2-4-6-14/h2-6,12-13H,7-11H2,1H3,(H,16,17). The van der Waals surface area contributed by atoms with E-state index in [-0.39, 0.29) is 29.0 Å². The van der Waals surface area contributed by atoms with Crippen LogP contribution in [0.4, 0.5) is 0 Å². The van der Waals surface area contributed by atoms with Gasteiger partial charge >= 0.3 is 0 Å². The maximum Gasteiger partial charge on any atom is 0.221 e. The maximum atomic E-state index is 12.0. The van der Waals surface area contributed by atoms with Gasteiger partial charge in [0.2, 0.25) is 5.91 Å². The summed E-state index contributed by atoms with van der Waals surface area (Å²) < 4.78 is 24.1. The van der Waals surface area contributed by atoms with E-state index in [2.05, 4.69) is 12.2 Å². The summed E-state index contributed by atoms with van der Waals surface area (Å²) in [6.45, 7) is 2.17. The highest BCUT2D eigenvalue weighted by Crippen LogP contribution is 2.24. The van der Waals surface area contributed by atoms with Crippen molar-refractivity contribution in [3.8, 4) is 0 Å². The molecule has 1 saturated carbocycles. The van der Waals surface area contributed by atoms with E-state index in [4.69, 9.17) is 0 Å². The van der Waals surface area contributed by atoms with Crippen LogP contribution in [0.1, 0.15) is 32.6 Å². The van der Waals surface area contributed by atoms with Crippen molar-refractivity contribution in [1.29, 1.82) is 0 Å². The predicted octanol–water partition coefficient (Wildman–Crippen LogP) is 2.16. The van der Waals surface area contributed by atoms with Crippen LogP contribution in [0.15, 0.2) is 35.2 Å². The van der Waals surface area contributed by atoms with Gasteiger partial charge in [0, 0.05) is 12.5 Å². The van der Waals surface area contributed by atoms with Gasteiger partial charge in [0.05, 0.1) is 10.6 Å². The van der Waals surface area contributed by atoms with Gasteiger partial charge in [-0.25, -0.2) is 8.42 Å². The summed E-state index contributed by atoms with van der Waals surface area (Å²) in [4.78, 5) is 12.1. The number of benzene rings is 1. The summed E-state index contributed by atoms with van der Waals surface area (Å²) in [6.07, 6.45) is 3.16. The summed E-state index contributed by atoms with van der Waals surface area (Å²) in [5.74, 6) is 0.349. The van der Waals surface area contributed by atoms with Gasteiger partial charge in [-0.05, 0) is 37.3 Å². The molecule has 2 atom stereocenters. The normalized spacial score (nSPS) is 22.6. The van der Waals surface area contributed by atoms with Crippen molar-refractivity contribution in [2.75, 3.05) is 5.75 Å². The zero-order valence-electron chi connectivity index (χ0n) is 11.7. The first-order valence-electron chi connectivity index (χ1n) is 7.04. The van der Waals surface area contributed by atoms with E-state index in [1.54, 1.807) is 30.3 Å². The molecule has 0 radical (unpaired) electrons. The Kier molecular flexibility index (Phi) is 4.81. The fraction of sp³-hybridized carbons (Fsp3) is 0.533. The van der Waals surface area contributed by atoms with Crippen molar-refractivity contribution in [3.63, 3.8) is 0 Å². The number of sulfone groups is 1. The highest BCUT2D eigenvalue weighted by molar-refractivity contribution is 7.91. The highest BCUT2D eigenvalue weighted by atomic mass is 32.2. The Bertz CT molecular complexity index is 554. The van der Waals surface area contributed by atoms with Crippen molar-refractivity contribution >= 4 is 15.7 Å². The van der Waals surface area contributed by atoms with Crippen LogP contribution in [0.5, 0.6) is 0 Å². The maximum absolute atomic E-state index is 12.0. The minimum atomic E-state index is -3.36. The van der Waals surface area contributed by atoms with Crippen molar-refractivity contribution in [1.82, 2.24) is 5.32 Å². The molecule has 1 aromatic rings. The van der Waals surface area contributed by atoms with Crippen LogP contribution in [0, 0.1) is 5.92 Å². The summed E-state index contributed by atoms with van der Waals surface area (Å²) in [7, 11) is -3.36. The van der Waals surface area contributed by atoms with Crippen LogP contribution in [-0.2, 0) is 14.6 Å². The lowest BCUT2D eigenvalue weighted by atomic mass is 10.1. The number of hydrogen-bond donors (Lipinski definition) is 1. The fourth-order valence-electron chi connectivity index (χ4n) is 2.61. The molecule has 1 fully saturated rings. The molecule has 1 aliphatic carbocycles. The first-order chi connectivity index (χ1) is 9.47. The Morgan fingerprint density at radius 1 is 1.25 bits per heavy atom. The third kappa shape index (κ3) is 4.07. The molecule has 0 heterocycles.